The molecule has 0 aliphatic carbocycles. The summed E-state index contributed by atoms with van der Waals surface area (Å²) in [5, 5.41) is 0.567. The van der Waals surface area contributed by atoms with E-state index in [1.165, 1.54) is 7.11 Å². The van der Waals surface area contributed by atoms with Gasteiger partial charge in [0.2, 0.25) is 0 Å². The van der Waals surface area contributed by atoms with Crippen molar-refractivity contribution in [3.05, 3.63) is 87.9 Å². The van der Waals surface area contributed by atoms with Gasteiger partial charge in [-0.3, -0.25) is 4.79 Å². The van der Waals surface area contributed by atoms with E-state index >= 15 is 0 Å². The van der Waals surface area contributed by atoms with E-state index in [1.54, 1.807) is 67.7 Å². The third-order valence-electron chi connectivity index (χ3n) is 6.04. The molecule has 3 aromatic rings. The monoisotopic (exact) mass is 495 g/mol. The number of benzene rings is 3. The van der Waals surface area contributed by atoms with Crippen LogP contribution in [0.4, 0.5) is 0 Å². The summed E-state index contributed by atoms with van der Waals surface area (Å²) >= 11 is 6.02. The summed E-state index contributed by atoms with van der Waals surface area (Å²) in [5.74, 6) is 1.26. The fourth-order valence-electron chi connectivity index (χ4n) is 4.19. The van der Waals surface area contributed by atoms with Gasteiger partial charge < -0.3 is 23.8 Å². The molecule has 182 valence electrons. The molecular weight excluding hydrogens is 470 g/mol. The SMILES string of the molecule is COC(=O)c1ccc(OCC2c3cc(OC)c(OC)cc3CCN2C(=O)c2ccc(Cl)cc2)cc1. The van der Waals surface area contributed by atoms with Crippen molar-refractivity contribution >= 4 is 23.5 Å². The van der Waals surface area contributed by atoms with Crippen LogP contribution in [0.5, 0.6) is 17.2 Å². The quantitative estimate of drug-likeness (QED) is 0.431. The Morgan fingerprint density at radius 2 is 1.54 bits per heavy atom. The summed E-state index contributed by atoms with van der Waals surface area (Å²) < 4.78 is 21.8. The predicted octanol–water partition coefficient (Wildman–Crippen LogP) is 4.96. The number of hydrogen-bond acceptors (Lipinski definition) is 6. The van der Waals surface area contributed by atoms with Crippen LogP contribution < -0.4 is 14.2 Å². The van der Waals surface area contributed by atoms with Crippen LogP contribution in [-0.2, 0) is 11.2 Å². The van der Waals surface area contributed by atoms with Crippen LogP contribution in [0.25, 0.3) is 0 Å². The second-order valence-corrected chi connectivity index (χ2v) is 8.44. The molecule has 0 aromatic heterocycles. The number of carbonyl (C=O) groups excluding carboxylic acids is 2. The molecule has 1 unspecified atom stereocenters. The molecule has 3 aromatic carbocycles. The van der Waals surface area contributed by atoms with Gasteiger partial charge >= 0.3 is 5.97 Å². The van der Waals surface area contributed by atoms with Crippen molar-refractivity contribution < 1.29 is 28.5 Å². The van der Waals surface area contributed by atoms with Crippen molar-refractivity contribution in [3.8, 4) is 17.2 Å². The fourth-order valence-corrected chi connectivity index (χ4v) is 4.32. The van der Waals surface area contributed by atoms with Crippen LogP contribution in [0, 0.1) is 0 Å². The first-order chi connectivity index (χ1) is 16.9. The van der Waals surface area contributed by atoms with Crippen molar-refractivity contribution in [2.75, 3.05) is 34.5 Å². The van der Waals surface area contributed by atoms with Gasteiger partial charge in [-0.1, -0.05) is 11.6 Å². The maximum absolute atomic E-state index is 13.5. The molecule has 1 heterocycles. The normalized spacial score (nSPS) is 14.6. The fraction of sp³-hybridized carbons (Fsp3) is 0.259. The minimum absolute atomic E-state index is 0.114. The first-order valence-electron chi connectivity index (χ1n) is 11.1. The minimum atomic E-state index is -0.418. The number of ether oxygens (including phenoxy) is 4. The number of methoxy groups -OCH3 is 3. The zero-order valence-corrected chi connectivity index (χ0v) is 20.5. The van der Waals surface area contributed by atoms with E-state index in [0.29, 0.717) is 46.4 Å². The highest BCUT2D eigenvalue weighted by Crippen LogP contribution is 2.39. The maximum Gasteiger partial charge on any atom is 0.337 e. The molecule has 0 saturated carbocycles. The van der Waals surface area contributed by atoms with Gasteiger partial charge in [-0.2, -0.15) is 0 Å². The average molecular weight is 496 g/mol. The number of carbonyl (C=O) groups is 2. The third-order valence-corrected chi connectivity index (χ3v) is 6.29. The Kier molecular flexibility index (Phi) is 7.46. The van der Waals surface area contributed by atoms with Gasteiger partial charge in [-0.15, -0.1) is 0 Å². The third kappa shape index (κ3) is 5.20. The first-order valence-corrected chi connectivity index (χ1v) is 11.5. The molecule has 0 fully saturated rings. The van der Waals surface area contributed by atoms with Crippen LogP contribution in [-0.4, -0.2) is 51.3 Å². The zero-order valence-electron chi connectivity index (χ0n) is 19.7. The highest BCUT2D eigenvalue weighted by atomic mass is 35.5. The minimum Gasteiger partial charge on any atom is -0.493 e. The number of hydrogen-bond donors (Lipinski definition) is 0. The van der Waals surface area contributed by atoms with Crippen LogP contribution in [0.15, 0.2) is 60.7 Å². The summed E-state index contributed by atoms with van der Waals surface area (Å²) in [6, 6.07) is 17.0. The number of amides is 1. The summed E-state index contributed by atoms with van der Waals surface area (Å²) in [6.45, 7) is 0.721. The Bertz CT molecular complexity index is 1210. The van der Waals surface area contributed by atoms with Crippen LogP contribution in [0.3, 0.4) is 0 Å². The Morgan fingerprint density at radius 1 is 0.914 bits per heavy atom. The topological polar surface area (TPSA) is 74.3 Å². The molecule has 7 nitrogen and oxygen atoms in total. The molecule has 1 aliphatic rings. The lowest BCUT2D eigenvalue weighted by molar-refractivity contribution is 0.0583. The van der Waals surface area contributed by atoms with Gasteiger partial charge in [0.15, 0.2) is 11.5 Å². The molecule has 35 heavy (non-hydrogen) atoms. The molecule has 0 N–H and O–H groups in total. The van der Waals surface area contributed by atoms with Crippen LogP contribution in [0.2, 0.25) is 5.02 Å². The van der Waals surface area contributed by atoms with E-state index in [1.807, 2.05) is 12.1 Å². The van der Waals surface area contributed by atoms with Gasteiger partial charge in [0, 0.05) is 17.1 Å². The van der Waals surface area contributed by atoms with Crippen molar-refractivity contribution in [1.82, 2.24) is 4.90 Å². The summed E-state index contributed by atoms with van der Waals surface area (Å²) in [5.41, 5.74) is 2.98. The molecule has 0 saturated heterocycles. The Balaban J connectivity index is 1.66. The maximum atomic E-state index is 13.5. The Labute approximate surface area is 209 Å². The lowest BCUT2D eigenvalue weighted by Crippen LogP contribution is -2.42. The Hall–Kier alpha value is -3.71. The summed E-state index contributed by atoms with van der Waals surface area (Å²) in [6.07, 6.45) is 0.666. The molecule has 0 spiro atoms. The number of nitrogens with zero attached hydrogens (tertiary/aromatic N) is 1. The predicted molar refractivity (Wildman–Crippen MR) is 132 cm³/mol. The van der Waals surface area contributed by atoms with E-state index in [2.05, 4.69) is 0 Å². The molecule has 1 aliphatic heterocycles. The molecule has 1 atom stereocenters. The average Bonchev–Trinajstić information content (AvgIpc) is 2.90. The van der Waals surface area contributed by atoms with Gasteiger partial charge in [0.05, 0.1) is 32.9 Å². The van der Waals surface area contributed by atoms with Gasteiger partial charge in [-0.25, -0.2) is 4.79 Å². The first kappa shape index (κ1) is 24.4. The van der Waals surface area contributed by atoms with Gasteiger partial charge in [-0.05, 0) is 78.2 Å². The number of rotatable bonds is 7. The molecule has 8 heteroatoms. The van der Waals surface area contributed by atoms with Crippen molar-refractivity contribution in [3.63, 3.8) is 0 Å². The standard InChI is InChI=1S/C27H26ClNO6/c1-32-24-14-19-12-13-29(26(30)17-4-8-20(28)9-5-17)23(22(19)15-25(24)33-2)16-35-21-10-6-18(7-11-21)27(31)34-3/h4-11,14-15,23H,12-13,16H2,1-3H3. The van der Waals surface area contributed by atoms with Crippen LogP contribution >= 0.6 is 11.6 Å². The second-order valence-electron chi connectivity index (χ2n) is 8.00. The largest absolute Gasteiger partial charge is 0.493 e. The van der Waals surface area contributed by atoms with Crippen molar-refractivity contribution in [2.45, 2.75) is 12.5 Å². The van der Waals surface area contributed by atoms with E-state index in [9.17, 15) is 9.59 Å². The zero-order chi connectivity index (χ0) is 24.9. The smallest absolute Gasteiger partial charge is 0.337 e. The Morgan fingerprint density at radius 3 is 2.17 bits per heavy atom. The molecule has 0 bridgehead atoms. The molecule has 1 amide bonds. The van der Waals surface area contributed by atoms with E-state index < -0.39 is 5.97 Å². The molecule has 0 radical (unpaired) electrons. The highest BCUT2D eigenvalue weighted by molar-refractivity contribution is 6.30. The summed E-state index contributed by atoms with van der Waals surface area (Å²) in [4.78, 5) is 27.0. The van der Waals surface area contributed by atoms with E-state index in [-0.39, 0.29) is 18.6 Å². The molecular formula is C27H26ClNO6. The number of esters is 1. The second kappa shape index (κ2) is 10.7. The van der Waals surface area contributed by atoms with E-state index in [0.717, 1.165) is 11.1 Å². The number of fused-ring (bicyclic) bond motifs is 1. The molecule has 4 rings (SSSR count). The highest BCUT2D eigenvalue weighted by Gasteiger charge is 2.33. The van der Waals surface area contributed by atoms with E-state index in [4.69, 9.17) is 30.5 Å². The summed E-state index contributed by atoms with van der Waals surface area (Å²) in [7, 11) is 4.52. The number of halogens is 1. The van der Waals surface area contributed by atoms with Crippen LogP contribution in [0.1, 0.15) is 37.9 Å². The van der Waals surface area contributed by atoms with Crippen molar-refractivity contribution in [2.24, 2.45) is 0 Å². The van der Waals surface area contributed by atoms with Gasteiger partial charge in [0.1, 0.15) is 12.4 Å². The lowest BCUT2D eigenvalue weighted by atomic mass is 9.91. The van der Waals surface area contributed by atoms with Crippen molar-refractivity contribution in [1.29, 1.82) is 0 Å². The van der Waals surface area contributed by atoms with Gasteiger partial charge in [0.25, 0.3) is 5.91 Å². The lowest BCUT2D eigenvalue weighted by Gasteiger charge is -2.37.